The molecule has 2 atom stereocenters. The summed E-state index contributed by atoms with van der Waals surface area (Å²) in [7, 11) is 1.69. The van der Waals surface area contributed by atoms with Gasteiger partial charge >= 0.3 is 0 Å². The lowest BCUT2D eigenvalue weighted by atomic mass is 10.1. The maximum absolute atomic E-state index is 13.1. The van der Waals surface area contributed by atoms with Crippen LogP contribution < -0.4 is 5.32 Å². The van der Waals surface area contributed by atoms with E-state index < -0.39 is 0 Å². The molecule has 2 heterocycles. The van der Waals surface area contributed by atoms with Crippen molar-refractivity contribution in [3.05, 3.63) is 35.5 Å². The summed E-state index contributed by atoms with van der Waals surface area (Å²) in [5.41, 5.74) is 1.56. The molecule has 2 aromatic rings. The predicted molar refractivity (Wildman–Crippen MR) is 70.6 cm³/mol. The minimum absolute atomic E-state index is 0.0157. The fourth-order valence-electron chi connectivity index (χ4n) is 2.44. The summed E-state index contributed by atoms with van der Waals surface area (Å²) in [6.07, 6.45) is 0.975. The molecule has 0 spiro atoms. The van der Waals surface area contributed by atoms with Crippen molar-refractivity contribution < 1.29 is 13.7 Å². The van der Waals surface area contributed by atoms with Crippen molar-refractivity contribution in [2.24, 2.45) is 0 Å². The normalized spacial score (nSPS) is 22.4. The fourth-order valence-corrected chi connectivity index (χ4v) is 2.44. The van der Waals surface area contributed by atoms with E-state index in [9.17, 15) is 4.39 Å². The smallest absolute Gasteiger partial charge is 0.244 e. The molecule has 0 unspecified atom stereocenters. The zero-order valence-electron chi connectivity index (χ0n) is 11.4. The van der Waals surface area contributed by atoms with E-state index in [1.165, 1.54) is 12.1 Å². The van der Waals surface area contributed by atoms with Crippen LogP contribution in [-0.2, 0) is 4.74 Å². The zero-order valence-corrected chi connectivity index (χ0v) is 11.4. The lowest BCUT2D eigenvalue weighted by Gasteiger charge is -2.04. The first-order valence-electron chi connectivity index (χ1n) is 6.53. The third-order valence-corrected chi connectivity index (χ3v) is 3.59. The molecular weight excluding hydrogens is 261 g/mol. The molecule has 1 N–H and O–H groups in total. The van der Waals surface area contributed by atoms with Gasteiger partial charge in [0.2, 0.25) is 11.7 Å². The van der Waals surface area contributed by atoms with Crippen LogP contribution in [0.5, 0.6) is 0 Å². The summed E-state index contributed by atoms with van der Waals surface area (Å²) in [5.74, 6) is 0.763. The van der Waals surface area contributed by atoms with Crippen LogP contribution in [0.3, 0.4) is 0 Å². The number of hydrogen-bond acceptors (Lipinski definition) is 5. The molecule has 0 radical (unpaired) electrons. The van der Waals surface area contributed by atoms with E-state index in [2.05, 4.69) is 15.5 Å². The molecule has 0 bridgehead atoms. The van der Waals surface area contributed by atoms with E-state index in [0.29, 0.717) is 11.7 Å². The molecule has 6 heteroatoms. The highest BCUT2D eigenvalue weighted by Gasteiger charge is 2.29. The van der Waals surface area contributed by atoms with Gasteiger partial charge in [-0.2, -0.15) is 4.98 Å². The number of halogens is 1. The molecular formula is C14H16FN3O2. The SMILES string of the molecule is CO[C@@H]1CN[C@@H](c2nc(-c3ccc(F)cc3C)no2)C1. The van der Waals surface area contributed by atoms with Crippen LogP contribution in [0.25, 0.3) is 11.4 Å². The van der Waals surface area contributed by atoms with Crippen LogP contribution in [-0.4, -0.2) is 29.9 Å². The molecule has 20 heavy (non-hydrogen) atoms. The van der Waals surface area contributed by atoms with Gasteiger partial charge in [0.05, 0.1) is 12.1 Å². The number of aromatic nitrogens is 2. The maximum atomic E-state index is 13.1. The number of benzene rings is 1. The first-order valence-corrected chi connectivity index (χ1v) is 6.53. The Morgan fingerprint density at radius 3 is 3.00 bits per heavy atom. The molecule has 5 nitrogen and oxygen atoms in total. The number of rotatable bonds is 3. The van der Waals surface area contributed by atoms with Gasteiger partial charge in [-0.25, -0.2) is 4.39 Å². The predicted octanol–water partition coefficient (Wildman–Crippen LogP) is 2.23. The molecule has 1 aliphatic rings. The summed E-state index contributed by atoms with van der Waals surface area (Å²) < 4.78 is 23.7. The van der Waals surface area contributed by atoms with Crippen LogP contribution in [0.1, 0.15) is 23.9 Å². The molecule has 1 aliphatic heterocycles. The van der Waals surface area contributed by atoms with Crippen LogP contribution in [0, 0.1) is 12.7 Å². The Morgan fingerprint density at radius 1 is 1.45 bits per heavy atom. The summed E-state index contributed by atoms with van der Waals surface area (Å²) in [4.78, 5) is 4.40. The standard InChI is InChI=1S/C14H16FN3O2/c1-8-5-9(15)3-4-11(8)13-17-14(20-18-13)12-6-10(19-2)7-16-12/h3-5,10,12,16H,6-7H2,1-2H3/t10-,12+/m0/s1. The van der Waals surface area contributed by atoms with Crippen molar-refractivity contribution in [2.45, 2.75) is 25.5 Å². The summed E-state index contributed by atoms with van der Waals surface area (Å²) in [6.45, 7) is 2.59. The van der Waals surface area contributed by atoms with E-state index in [-0.39, 0.29) is 18.0 Å². The van der Waals surface area contributed by atoms with Gasteiger partial charge in [0.25, 0.3) is 0 Å². The summed E-state index contributed by atoms with van der Waals surface area (Å²) in [6, 6.07) is 4.54. The van der Waals surface area contributed by atoms with Crippen molar-refractivity contribution in [3.8, 4) is 11.4 Å². The van der Waals surface area contributed by atoms with Crippen LogP contribution in [0.15, 0.2) is 22.7 Å². The van der Waals surface area contributed by atoms with Crippen molar-refractivity contribution in [1.29, 1.82) is 0 Å². The van der Waals surface area contributed by atoms with E-state index in [1.54, 1.807) is 13.2 Å². The number of ether oxygens (including phenoxy) is 1. The van der Waals surface area contributed by atoms with E-state index >= 15 is 0 Å². The number of nitrogens with zero attached hydrogens (tertiary/aromatic N) is 2. The lowest BCUT2D eigenvalue weighted by molar-refractivity contribution is 0.116. The molecule has 3 rings (SSSR count). The average molecular weight is 277 g/mol. The number of nitrogens with one attached hydrogen (secondary N) is 1. The Morgan fingerprint density at radius 2 is 2.30 bits per heavy atom. The highest BCUT2D eigenvalue weighted by Crippen LogP contribution is 2.27. The fraction of sp³-hybridized carbons (Fsp3) is 0.429. The minimum Gasteiger partial charge on any atom is -0.380 e. The monoisotopic (exact) mass is 277 g/mol. The van der Waals surface area contributed by atoms with Crippen LogP contribution >= 0.6 is 0 Å². The van der Waals surface area contributed by atoms with Gasteiger partial charge in [-0.15, -0.1) is 0 Å². The molecule has 106 valence electrons. The Balaban J connectivity index is 1.83. The largest absolute Gasteiger partial charge is 0.380 e. The molecule has 1 fully saturated rings. The van der Waals surface area contributed by atoms with Gasteiger partial charge in [0, 0.05) is 19.2 Å². The van der Waals surface area contributed by atoms with Crippen molar-refractivity contribution in [2.75, 3.05) is 13.7 Å². The summed E-state index contributed by atoms with van der Waals surface area (Å²) >= 11 is 0. The molecule has 0 aliphatic carbocycles. The second-order valence-electron chi connectivity index (χ2n) is 4.97. The molecule has 0 saturated carbocycles. The van der Waals surface area contributed by atoms with Gasteiger partial charge in [0.1, 0.15) is 5.82 Å². The van der Waals surface area contributed by atoms with Crippen LogP contribution in [0.4, 0.5) is 4.39 Å². The Hall–Kier alpha value is -1.79. The Bertz CT molecular complexity index is 614. The lowest BCUT2D eigenvalue weighted by Crippen LogP contribution is -2.16. The highest BCUT2D eigenvalue weighted by molar-refractivity contribution is 5.59. The first kappa shape index (κ1) is 13.2. The van der Waals surface area contributed by atoms with E-state index in [0.717, 1.165) is 24.1 Å². The van der Waals surface area contributed by atoms with E-state index in [4.69, 9.17) is 9.26 Å². The van der Waals surface area contributed by atoms with E-state index in [1.807, 2.05) is 6.92 Å². The van der Waals surface area contributed by atoms with Gasteiger partial charge in [-0.1, -0.05) is 5.16 Å². The molecule has 1 aromatic carbocycles. The third kappa shape index (κ3) is 2.44. The Labute approximate surface area is 116 Å². The number of methoxy groups -OCH3 is 1. The van der Waals surface area contributed by atoms with Crippen molar-refractivity contribution in [3.63, 3.8) is 0 Å². The van der Waals surface area contributed by atoms with Gasteiger partial charge in [-0.3, -0.25) is 0 Å². The molecule has 1 saturated heterocycles. The second kappa shape index (κ2) is 5.30. The summed E-state index contributed by atoms with van der Waals surface area (Å²) in [5, 5.41) is 7.26. The van der Waals surface area contributed by atoms with Crippen molar-refractivity contribution in [1.82, 2.24) is 15.5 Å². The first-order chi connectivity index (χ1) is 9.67. The minimum atomic E-state index is -0.268. The zero-order chi connectivity index (χ0) is 14.1. The number of hydrogen-bond donors (Lipinski definition) is 1. The number of aryl methyl sites for hydroxylation is 1. The van der Waals surface area contributed by atoms with Gasteiger partial charge in [-0.05, 0) is 37.1 Å². The van der Waals surface area contributed by atoms with Gasteiger partial charge in [0.15, 0.2) is 0 Å². The molecule has 0 amide bonds. The maximum Gasteiger partial charge on any atom is 0.244 e. The van der Waals surface area contributed by atoms with Crippen LogP contribution in [0.2, 0.25) is 0 Å². The quantitative estimate of drug-likeness (QED) is 0.932. The Kier molecular flexibility index (Phi) is 3.50. The van der Waals surface area contributed by atoms with Gasteiger partial charge < -0.3 is 14.6 Å². The van der Waals surface area contributed by atoms with Crippen molar-refractivity contribution >= 4 is 0 Å². The second-order valence-corrected chi connectivity index (χ2v) is 4.97. The highest BCUT2D eigenvalue weighted by atomic mass is 19.1. The average Bonchev–Trinajstić information content (AvgIpc) is 3.07. The topological polar surface area (TPSA) is 60.2 Å². The molecule has 1 aromatic heterocycles. The third-order valence-electron chi connectivity index (χ3n) is 3.59.